The normalized spacial score (nSPS) is 13.9. The van der Waals surface area contributed by atoms with E-state index in [1.165, 1.54) is 0 Å². The van der Waals surface area contributed by atoms with Crippen molar-refractivity contribution in [1.29, 1.82) is 0 Å². The number of hydrogen-bond donors (Lipinski definition) is 3. The first-order valence-electron chi connectivity index (χ1n) is 6.64. The molecule has 2 unspecified atom stereocenters. The second kappa shape index (κ2) is 7.13. The van der Waals surface area contributed by atoms with Crippen LogP contribution >= 0.6 is 0 Å². The van der Waals surface area contributed by atoms with Crippen molar-refractivity contribution in [3.05, 3.63) is 17.5 Å². The van der Waals surface area contributed by atoms with Gasteiger partial charge in [0.2, 0.25) is 0 Å². The molecule has 1 rings (SSSR count). The molecule has 0 aromatic carbocycles. The van der Waals surface area contributed by atoms with Gasteiger partial charge in [0.05, 0.1) is 5.69 Å². The number of aliphatic hydroxyl groups is 1. The maximum Gasteiger partial charge on any atom is 0.315 e. The molecule has 0 aliphatic rings. The Bertz CT molecular complexity index is 417. The minimum absolute atomic E-state index is 0.0374. The zero-order valence-corrected chi connectivity index (χ0v) is 12.1. The lowest BCUT2D eigenvalue weighted by molar-refractivity contribution is 0.200. The SMILES string of the molecule is CCc1nn(C)cc1CNC(=O)NC(C)C(C)CO. The summed E-state index contributed by atoms with van der Waals surface area (Å²) < 4.78 is 1.75. The van der Waals surface area contributed by atoms with E-state index in [0.717, 1.165) is 17.7 Å². The summed E-state index contributed by atoms with van der Waals surface area (Å²) >= 11 is 0. The number of amides is 2. The number of hydrogen-bond acceptors (Lipinski definition) is 3. The van der Waals surface area contributed by atoms with E-state index in [2.05, 4.69) is 15.7 Å². The van der Waals surface area contributed by atoms with Gasteiger partial charge in [0.1, 0.15) is 0 Å². The van der Waals surface area contributed by atoms with E-state index >= 15 is 0 Å². The van der Waals surface area contributed by atoms with Crippen LogP contribution in [0.3, 0.4) is 0 Å². The molecule has 1 heterocycles. The van der Waals surface area contributed by atoms with Gasteiger partial charge >= 0.3 is 6.03 Å². The third kappa shape index (κ3) is 4.55. The Labute approximate surface area is 114 Å². The van der Waals surface area contributed by atoms with Gasteiger partial charge in [-0.3, -0.25) is 4.68 Å². The molecule has 3 N–H and O–H groups in total. The molecule has 0 bridgehead atoms. The zero-order chi connectivity index (χ0) is 14.4. The lowest BCUT2D eigenvalue weighted by atomic mass is 10.1. The third-order valence-corrected chi connectivity index (χ3v) is 3.27. The summed E-state index contributed by atoms with van der Waals surface area (Å²) in [7, 11) is 1.87. The number of carbonyl (C=O) groups excluding carboxylic acids is 1. The highest BCUT2D eigenvalue weighted by molar-refractivity contribution is 5.74. The van der Waals surface area contributed by atoms with Gasteiger partial charge in [0.15, 0.2) is 0 Å². The molecule has 1 aromatic rings. The Morgan fingerprint density at radius 2 is 2.21 bits per heavy atom. The highest BCUT2D eigenvalue weighted by atomic mass is 16.3. The molecule has 0 fully saturated rings. The molecule has 6 nitrogen and oxygen atoms in total. The fourth-order valence-corrected chi connectivity index (χ4v) is 1.76. The van der Waals surface area contributed by atoms with E-state index in [9.17, 15) is 4.79 Å². The van der Waals surface area contributed by atoms with Crippen LogP contribution in [-0.4, -0.2) is 33.6 Å². The van der Waals surface area contributed by atoms with Crippen molar-refractivity contribution in [3.63, 3.8) is 0 Å². The van der Waals surface area contributed by atoms with Gasteiger partial charge < -0.3 is 15.7 Å². The molecule has 0 spiro atoms. The second-order valence-electron chi connectivity index (χ2n) is 4.90. The molecule has 0 radical (unpaired) electrons. The Morgan fingerprint density at radius 3 is 2.79 bits per heavy atom. The largest absolute Gasteiger partial charge is 0.396 e. The molecule has 2 atom stereocenters. The quantitative estimate of drug-likeness (QED) is 0.714. The first-order chi connectivity index (χ1) is 8.97. The minimum Gasteiger partial charge on any atom is -0.396 e. The van der Waals surface area contributed by atoms with Crippen LogP contribution in [-0.2, 0) is 20.0 Å². The van der Waals surface area contributed by atoms with Crippen LogP contribution in [0.2, 0.25) is 0 Å². The fraction of sp³-hybridized carbons (Fsp3) is 0.692. The lowest BCUT2D eigenvalue weighted by Gasteiger charge is -2.19. The van der Waals surface area contributed by atoms with Gasteiger partial charge in [-0.1, -0.05) is 13.8 Å². The van der Waals surface area contributed by atoms with E-state index in [-0.39, 0.29) is 24.6 Å². The van der Waals surface area contributed by atoms with Gasteiger partial charge in [-0.05, 0) is 19.3 Å². The molecule has 19 heavy (non-hydrogen) atoms. The van der Waals surface area contributed by atoms with Gasteiger partial charge in [-0.25, -0.2) is 4.79 Å². The van der Waals surface area contributed by atoms with Crippen LogP contribution in [0.25, 0.3) is 0 Å². The standard InChI is InChI=1S/C13H24N4O2/c1-5-12-11(7-17(4)16-12)6-14-13(19)15-10(3)9(2)8-18/h7,9-10,18H,5-6,8H2,1-4H3,(H2,14,15,19). The summed E-state index contributed by atoms with van der Waals surface area (Å²) in [4.78, 5) is 11.7. The number of nitrogens with one attached hydrogen (secondary N) is 2. The smallest absolute Gasteiger partial charge is 0.315 e. The van der Waals surface area contributed by atoms with Crippen LogP contribution in [0.4, 0.5) is 4.79 Å². The monoisotopic (exact) mass is 268 g/mol. The Hall–Kier alpha value is -1.56. The topological polar surface area (TPSA) is 79.2 Å². The fourth-order valence-electron chi connectivity index (χ4n) is 1.76. The summed E-state index contributed by atoms with van der Waals surface area (Å²) in [6.45, 7) is 6.33. The average Bonchev–Trinajstić information content (AvgIpc) is 2.75. The number of aromatic nitrogens is 2. The Balaban J connectivity index is 2.45. The average molecular weight is 268 g/mol. The molecule has 2 amide bonds. The summed E-state index contributed by atoms with van der Waals surface area (Å²) in [6.07, 6.45) is 2.76. The van der Waals surface area contributed by atoms with Crippen molar-refractivity contribution in [2.45, 2.75) is 39.8 Å². The molecular formula is C13H24N4O2. The van der Waals surface area contributed by atoms with Gasteiger partial charge in [0.25, 0.3) is 0 Å². The summed E-state index contributed by atoms with van der Waals surface area (Å²) in [5, 5.41) is 19.0. The Morgan fingerprint density at radius 1 is 1.53 bits per heavy atom. The molecular weight excluding hydrogens is 244 g/mol. The first-order valence-corrected chi connectivity index (χ1v) is 6.64. The number of nitrogens with zero attached hydrogens (tertiary/aromatic N) is 2. The van der Waals surface area contributed by atoms with Crippen molar-refractivity contribution in [2.24, 2.45) is 13.0 Å². The van der Waals surface area contributed by atoms with Crippen molar-refractivity contribution in [1.82, 2.24) is 20.4 Å². The van der Waals surface area contributed by atoms with E-state index in [0.29, 0.717) is 6.54 Å². The van der Waals surface area contributed by atoms with E-state index < -0.39 is 0 Å². The predicted molar refractivity (Wildman–Crippen MR) is 73.7 cm³/mol. The lowest BCUT2D eigenvalue weighted by Crippen LogP contribution is -2.44. The van der Waals surface area contributed by atoms with Crippen molar-refractivity contribution in [2.75, 3.05) is 6.61 Å². The maximum absolute atomic E-state index is 11.7. The van der Waals surface area contributed by atoms with Gasteiger partial charge in [-0.15, -0.1) is 0 Å². The van der Waals surface area contributed by atoms with E-state index in [1.54, 1.807) is 4.68 Å². The molecule has 1 aromatic heterocycles. The van der Waals surface area contributed by atoms with E-state index in [4.69, 9.17) is 5.11 Å². The van der Waals surface area contributed by atoms with Crippen LogP contribution < -0.4 is 10.6 Å². The highest BCUT2D eigenvalue weighted by Gasteiger charge is 2.14. The summed E-state index contributed by atoms with van der Waals surface area (Å²) in [5.74, 6) is 0.0374. The number of aryl methyl sites for hydroxylation is 2. The molecule has 0 saturated carbocycles. The number of carbonyl (C=O) groups is 1. The molecule has 6 heteroatoms. The molecule has 108 valence electrons. The third-order valence-electron chi connectivity index (χ3n) is 3.27. The van der Waals surface area contributed by atoms with Crippen molar-refractivity contribution < 1.29 is 9.90 Å². The molecule has 0 aliphatic carbocycles. The molecule has 0 saturated heterocycles. The predicted octanol–water partition coefficient (Wildman–Crippen LogP) is 0.799. The zero-order valence-electron chi connectivity index (χ0n) is 12.1. The summed E-state index contributed by atoms with van der Waals surface area (Å²) in [5.41, 5.74) is 2.03. The Kier molecular flexibility index (Phi) is 5.82. The maximum atomic E-state index is 11.7. The number of rotatable bonds is 6. The molecule has 0 aliphatic heterocycles. The number of aliphatic hydroxyl groups excluding tert-OH is 1. The second-order valence-corrected chi connectivity index (χ2v) is 4.90. The van der Waals surface area contributed by atoms with Gasteiger partial charge in [-0.2, -0.15) is 5.10 Å². The van der Waals surface area contributed by atoms with Crippen LogP contribution in [0.5, 0.6) is 0 Å². The van der Waals surface area contributed by atoms with Gasteiger partial charge in [0, 0.05) is 38.0 Å². The first kappa shape index (κ1) is 15.5. The number of urea groups is 1. The van der Waals surface area contributed by atoms with E-state index in [1.807, 2.05) is 34.0 Å². The van der Waals surface area contributed by atoms with Crippen LogP contribution in [0.15, 0.2) is 6.20 Å². The highest BCUT2D eigenvalue weighted by Crippen LogP contribution is 2.06. The van der Waals surface area contributed by atoms with Crippen LogP contribution in [0.1, 0.15) is 32.0 Å². The summed E-state index contributed by atoms with van der Waals surface area (Å²) in [6, 6.07) is -0.289. The minimum atomic E-state index is -0.223. The van der Waals surface area contributed by atoms with Crippen molar-refractivity contribution >= 4 is 6.03 Å². The van der Waals surface area contributed by atoms with Crippen LogP contribution in [0, 0.1) is 5.92 Å². The van der Waals surface area contributed by atoms with Crippen molar-refractivity contribution in [3.8, 4) is 0 Å².